The van der Waals surface area contributed by atoms with Crippen LogP contribution in [0.3, 0.4) is 0 Å². The van der Waals surface area contributed by atoms with E-state index in [1.165, 1.54) is 10.7 Å². The summed E-state index contributed by atoms with van der Waals surface area (Å²) in [7, 11) is 0. The molecule has 106 valence electrons. The predicted octanol–water partition coefficient (Wildman–Crippen LogP) is 0.708. The second-order valence-electron chi connectivity index (χ2n) is 4.86. The zero-order valence-corrected chi connectivity index (χ0v) is 11.5. The molecule has 0 aliphatic carbocycles. The minimum Gasteiger partial charge on any atom is -0.481 e. The molecule has 0 saturated carbocycles. The summed E-state index contributed by atoms with van der Waals surface area (Å²) in [6.45, 7) is 5.25. The first kappa shape index (κ1) is 14.0. The van der Waals surface area contributed by atoms with Crippen molar-refractivity contribution >= 4 is 17.5 Å². The molecular weight excluding hydrogens is 260 g/mol. The van der Waals surface area contributed by atoms with Crippen LogP contribution in [0.15, 0.2) is 6.20 Å². The number of carbonyl (C=O) groups is 2. The Morgan fingerprint density at radius 2 is 2.10 bits per heavy atom. The Morgan fingerprint density at radius 1 is 1.45 bits per heavy atom. The lowest BCUT2D eigenvalue weighted by Gasteiger charge is -2.13. The van der Waals surface area contributed by atoms with Crippen LogP contribution in [0.4, 0.5) is 0 Å². The van der Waals surface area contributed by atoms with Crippen molar-refractivity contribution in [2.45, 2.75) is 27.2 Å². The minimum atomic E-state index is -0.859. The third kappa shape index (κ3) is 2.22. The number of aliphatic carboxylic acids is 1. The number of nitrogens with two attached hydrogens (primary N) is 1. The normalized spacial score (nSPS) is 12.6. The Balaban J connectivity index is 2.58. The molecule has 2 aromatic rings. The molecule has 7 nitrogen and oxygen atoms in total. The number of carboxylic acid groups (broad SMARTS) is 1. The van der Waals surface area contributed by atoms with Crippen molar-refractivity contribution < 1.29 is 14.7 Å². The smallest absolute Gasteiger partial charge is 0.306 e. The highest BCUT2D eigenvalue weighted by atomic mass is 16.4. The summed E-state index contributed by atoms with van der Waals surface area (Å²) in [5.74, 6) is -1.96. The number of aryl methyl sites for hydroxylation is 2. The summed E-state index contributed by atoms with van der Waals surface area (Å²) < 4.78 is 1.52. The largest absolute Gasteiger partial charge is 0.481 e. The molecule has 0 aromatic carbocycles. The average molecular weight is 276 g/mol. The van der Waals surface area contributed by atoms with Crippen LogP contribution < -0.4 is 5.73 Å². The molecule has 1 unspecified atom stereocenters. The maximum absolute atomic E-state index is 11.3. The molecule has 1 amide bonds. The maximum Gasteiger partial charge on any atom is 0.306 e. The fourth-order valence-electron chi connectivity index (χ4n) is 2.17. The number of fused-ring (bicyclic) bond motifs is 1. The molecule has 2 aromatic heterocycles. The fraction of sp³-hybridized carbons (Fsp3) is 0.385. The van der Waals surface area contributed by atoms with Crippen molar-refractivity contribution in [3.63, 3.8) is 0 Å². The summed E-state index contributed by atoms with van der Waals surface area (Å²) in [5, 5.41) is 13.1. The minimum absolute atomic E-state index is 0.258. The number of nitrogens with zero attached hydrogens (tertiary/aromatic N) is 3. The fourth-order valence-corrected chi connectivity index (χ4v) is 2.17. The van der Waals surface area contributed by atoms with Crippen molar-refractivity contribution in [2.75, 3.05) is 0 Å². The summed E-state index contributed by atoms with van der Waals surface area (Å²) in [6, 6.07) is 0. The van der Waals surface area contributed by atoms with Gasteiger partial charge in [0.2, 0.25) is 0 Å². The van der Waals surface area contributed by atoms with Crippen molar-refractivity contribution in [2.24, 2.45) is 11.7 Å². The Bertz CT molecular complexity index is 705. The number of carbonyl (C=O) groups excluding carboxylic acids is 1. The van der Waals surface area contributed by atoms with Gasteiger partial charge in [0, 0.05) is 11.4 Å². The summed E-state index contributed by atoms with van der Waals surface area (Å²) in [4.78, 5) is 26.6. The van der Waals surface area contributed by atoms with Crippen molar-refractivity contribution in [3.05, 3.63) is 28.7 Å². The van der Waals surface area contributed by atoms with Gasteiger partial charge in [-0.1, -0.05) is 6.92 Å². The summed E-state index contributed by atoms with van der Waals surface area (Å²) >= 11 is 0. The van der Waals surface area contributed by atoms with Gasteiger partial charge < -0.3 is 10.8 Å². The van der Waals surface area contributed by atoms with Crippen LogP contribution in [0.1, 0.15) is 34.2 Å². The molecule has 0 radical (unpaired) electrons. The van der Waals surface area contributed by atoms with Crippen LogP contribution in [0.25, 0.3) is 5.65 Å². The van der Waals surface area contributed by atoms with Crippen molar-refractivity contribution in [3.8, 4) is 0 Å². The number of hydrogen-bond acceptors (Lipinski definition) is 4. The number of rotatable bonds is 4. The lowest BCUT2D eigenvalue weighted by Crippen LogP contribution is -2.16. The quantitative estimate of drug-likeness (QED) is 0.854. The van der Waals surface area contributed by atoms with E-state index in [1.54, 1.807) is 13.8 Å². The number of aromatic nitrogens is 3. The van der Waals surface area contributed by atoms with Gasteiger partial charge in [0.15, 0.2) is 5.65 Å². The van der Waals surface area contributed by atoms with Gasteiger partial charge in [-0.3, -0.25) is 9.59 Å². The molecule has 7 heteroatoms. The summed E-state index contributed by atoms with van der Waals surface area (Å²) in [6.07, 6.45) is 1.74. The Labute approximate surface area is 115 Å². The first-order chi connectivity index (χ1) is 9.32. The highest BCUT2D eigenvalue weighted by Crippen LogP contribution is 2.20. The van der Waals surface area contributed by atoms with Gasteiger partial charge in [-0.2, -0.15) is 5.10 Å². The number of hydrogen-bond donors (Lipinski definition) is 2. The SMILES string of the molecule is Cc1nc2c(C(N)=O)cnn2c(C)c1CC(C)C(=O)O. The second kappa shape index (κ2) is 4.92. The third-order valence-corrected chi connectivity index (χ3v) is 3.41. The van der Waals surface area contributed by atoms with Gasteiger partial charge in [0.05, 0.1) is 12.1 Å². The van der Waals surface area contributed by atoms with E-state index < -0.39 is 17.8 Å². The average Bonchev–Trinajstić information content (AvgIpc) is 2.77. The molecule has 1 atom stereocenters. The lowest BCUT2D eigenvalue weighted by atomic mass is 9.99. The third-order valence-electron chi connectivity index (χ3n) is 3.41. The van der Waals surface area contributed by atoms with Crippen LogP contribution in [-0.2, 0) is 11.2 Å². The molecule has 2 rings (SSSR count). The molecule has 0 saturated heterocycles. The molecule has 3 N–H and O–H groups in total. The Kier molecular flexibility index (Phi) is 3.44. The van der Waals surface area contributed by atoms with Crippen molar-refractivity contribution in [1.29, 1.82) is 0 Å². The van der Waals surface area contributed by atoms with Crippen LogP contribution in [0, 0.1) is 19.8 Å². The lowest BCUT2D eigenvalue weighted by molar-refractivity contribution is -0.141. The van der Waals surface area contributed by atoms with Gasteiger partial charge in [-0.05, 0) is 25.8 Å². The van der Waals surface area contributed by atoms with Crippen LogP contribution in [0.2, 0.25) is 0 Å². The van der Waals surface area contributed by atoms with E-state index in [2.05, 4.69) is 10.1 Å². The number of carboxylic acids is 1. The van der Waals surface area contributed by atoms with Gasteiger partial charge >= 0.3 is 5.97 Å². The van der Waals surface area contributed by atoms with Crippen LogP contribution >= 0.6 is 0 Å². The van der Waals surface area contributed by atoms with Gasteiger partial charge in [-0.15, -0.1) is 0 Å². The van der Waals surface area contributed by atoms with E-state index in [1.807, 2.05) is 6.92 Å². The van der Waals surface area contributed by atoms with E-state index in [-0.39, 0.29) is 5.56 Å². The summed E-state index contributed by atoms with van der Waals surface area (Å²) in [5.41, 5.74) is 8.22. The van der Waals surface area contributed by atoms with Gasteiger partial charge in [0.1, 0.15) is 5.56 Å². The second-order valence-corrected chi connectivity index (χ2v) is 4.86. The highest BCUT2D eigenvalue weighted by Gasteiger charge is 2.20. The van der Waals surface area contributed by atoms with Crippen molar-refractivity contribution in [1.82, 2.24) is 14.6 Å². The molecule has 0 aliphatic rings. The van der Waals surface area contributed by atoms with Gasteiger partial charge in [-0.25, -0.2) is 9.50 Å². The molecule has 0 fully saturated rings. The monoisotopic (exact) mass is 276 g/mol. The molecule has 20 heavy (non-hydrogen) atoms. The molecule has 0 bridgehead atoms. The first-order valence-electron chi connectivity index (χ1n) is 6.19. The molecule has 0 aliphatic heterocycles. The topological polar surface area (TPSA) is 111 Å². The maximum atomic E-state index is 11.3. The zero-order valence-electron chi connectivity index (χ0n) is 11.5. The molecule has 2 heterocycles. The first-order valence-corrected chi connectivity index (χ1v) is 6.19. The Morgan fingerprint density at radius 3 is 2.65 bits per heavy atom. The molecular formula is C13H16N4O3. The van der Waals surface area contributed by atoms with E-state index >= 15 is 0 Å². The molecule has 0 spiro atoms. The number of amides is 1. The van der Waals surface area contributed by atoms with E-state index in [9.17, 15) is 9.59 Å². The van der Waals surface area contributed by atoms with E-state index in [4.69, 9.17) is 10.8 Å². The standard InChI is InChI=1S/C13H16N4O3/c1-6(13(19)20)4-9-7(2)16-12-10(11(14)18)5-15-17(12)8(9)3/h5-6H,4H2,1-3H3,(H2,14,18)(H,19,20). The van der Waals surface area contributed by atoms with Crippen LogP contribution in [-0.4, -0.2) is 31.6 Å². The highest BCUT2D eigenvalue weighted by molar-refractivity contribution is 5.98. The zero-order chi connectivity index (χ0) is 15.0. The van der Waals surface area contributed by atoms with Gasteiger partial charge in [0.25, 0.3) is 5.91 Å². The van der Waals surface area contributed by atoms with E-state index in [0.29, 0.717) is 17.8 Å². The van der Waals surface area contributed by atoms with Crippen LogP contribution in [0.5, 0.6) is 0 Å². The Hall–Kier alpha value is -2.44. The number of primary amides is 1. The predicted molar refractivity (Wildman–Crippen MR) is 71.5 cm³/mol. The van der Waals surface area contributed by atoms with E-state index in [0.717, 1.165) is 11.3 Å².